The second-order valence-corrected chi connectivity index (χ2v) is 5.76. The highest BCUT2D eigenvalue weighted by Crippen LogP contribution is 2.34. The Morgan fingerprint density at radius 1 is 1.23 bits per heavy atom. The molecule has 1 fully saturated rings. The topological polar surface area (TPSA) is 47.9 Å². The highest BCUT2D eigenvalue weighted by molar-refractivity contribution is 14.0. The number of halogens is 1. The number of nitrogens with one attached hydrogen (secondary N) is 1. The van der Waals surface area contributed by atoms with Crippen molar-refractivity contribution in [2.75, 3.05) is 33.2 Å². The number of carbonyl (C=O) groups excluding carboxylic acids is 1. The van der Waals surface area contributed by atoms with Gasteiger partial charge in [-0.15, -0.1) is 24.0 Å². The van der Waals surface area contributed by atoms with Crippen molar-refractivity contribution < 1.29 is 4.79 Å². The van der Waals surface area contributed by atoms with Crippen LogP contribution in [0.25, 0.3) is 0 Å². The molecule has 1 aliphatic carbocycles. The minimum absolute atomic E-state index is 0. The van der Waals surface area contributed by atoms with Gasteiger partial charge in [0.1, 0.15) is 0 Å². The van der Waals surface area contributed by atoms with E-state index >= 15 is 0 Å². The Kier molecular flexibility index (Phi) is 10.8. The monoisotopic (exact) mass is 424 g/mol. The molecule has 22 heavy (non-hydrogen) atoms. The van der Waals surface area contributed by atoms with Gasteiger partial charge in [-0.1, -0.05) is 13.3 Å². The first-order chi connectivity index (χ1) is 10.1. The third-order valence-corrected chi connectivity index (χ3v) is 4.05. The third kappa shape index (κ3) is 6.71. The molecule has 1 N–H and O–H groups in total. The Bertz CT molecular complexity index is 358. The van der Waals surface area contributed by atoms with Gasteiger partial charge < -0.3 is 15.1 Å². The van der Waals surface area contributed by atoms with Gasteiger partial charge in [0, 0.05) is 32.7 Å². The molecule has 0 aromatic heterocycles. The van der Waals surface area contributed by atoms with Crippen molar-refractivity contribution in [1.29, 1.82) is 0 Å². The Hall–Kier alpha value is -0.530. The molecule has 6 heteroatoms. The predicted octanol–water partition coefficient (Wildman–Crippen LogP) is 2.56. The highest BCUT2D eigenvalue weighted by Gasteiger charge is 2.37. The number of amides is 1. The Balaban J connectivity index is 0.00000441. The summed E-state index contributed by atoms with van der Waals surface area (Å²) in [7, 11) is 1.94. The summed E-state index contributed by atoms with van der Waals surface area (Å²) in [6.07, 6.45) is 3.74. The fraction of sp³-hybridized carbons (Fsp3) is 0.875. The first-order valence-corrected chi connectivity index (χ1v) is 8.37. The molecule has 5 nitrogen and oxygen atoms in total. The summed E-state index contributed by atoms with van der Waals surface area (Å²) in [5.74, 6) is 1.81. The Labute approximate surface area is 152 Å². The molecule has 0 heterocycles. The first-order valence-electron chi connectivity index (χ1n) is 8.37. The number of rotatable bonds is 8. The number of aliphatic imine (C=N–C) groups is 1. The van der Waals surface area contributed by atoms with Crippen LogP contribution in [0.2, 0.25) is 0 Å². The lowest BCUT2D eigenvalue weighted by atomic mass is 10.2. The van der Waals surface area contributed by atoms with Gasteiger partial charge in [-0.05, 0) is 39.5 Å². The van der Waals surface area contributed by atoms with E-state index in [1.165, 1.54) is 19.3 Å². The molecular formula is C16H33IN4O. The summed E-state index contributed by atoms with van der Waals surface area (Å²) in [5, 5.41) is 3.51. The zero-order valence-electron chi connectivity index (χ0n) is 14.8. The minimum atomic E-state index is 0. The van der Waals surface area contributed by atoms with Crippen molar-refractivity contribution in [3.05, 3.63) is 0 Å². The SMILES string of the molecule is CCCC1CC1NC(=NCC)N(C)CC(=O)N(CC)CC.I. The largest absolute Gasteiger partial charge is 0.353 e. The van der Waals surface area contributed by atoms with Crippen molar-refractivity contribution in [2.45, 2.75) is 53.0 Å². The van der Waals surface area contributed by atoms with E-state index in [0.717, 1.165) is 31.5 Å². The van der Waals surface area contributed by atoms with Gasteiger partial charge in [0.05, 0.1) is 6.54 Å². The summed E-state index contributed by atoms with van der Waals surface area (Å²) in [5.41, 5.74) is 0. The van der Waals surface area contributed by atoms with Gasteiger partial charge >= 0.3 is 0 Å². The van der Waals surface area contributed by atoms with Crippen molar-refractivity contribution >= 4 is 35.8 Å². The first kappa shape index (κ1) is 21.5. The second kappa shape index (κ2) is 11.1. The van der Waals surface area contributed by atoms with Crippen LogP contribution in [-0.2, 0) is 4.79 Å². The summed E-state index contributed by atoms with van der Waals surface area (Å²) < 4.78 is 0. The molecule has 1 rings (SSSR count). The molecular weight excluding hydrogens is 391 g/mol. The number of guanidine groups is 1. The van der Waals surface area contributed by atoms with E-state index in [9.17, 15) is 4.79 Å². The average molecular weight is 424 g/mol. The fourth-order valence-electron chi connectivity index (χ4n) is 2.66. The van der Waals surface area contributed by atoms with Crippen molar-refractivity contribution in [3.8, 4) is 0 Å². The van der Waals surface area contributed by atoms with Crippen LogP contribution < -0.4 is 5.32 Å². The number of hydrogen-bond donors (Lipinski definition) is 1. The lowest BCUT2D eigenvalue weighted by molar-refractivity contribution is -0.131. The maximum atomic E-state index is 12.2. The van der Waals surface area contributed by atoms with E-state index in [1.807, 2.05) is 37.6 Å². The molecule has 1 amide bonds. The molecule has 0 bridgehead atoms. The van der Waals surface area contributed by atoms with Gasteiger partial charge in [-0.25, -0.2) is 0 Å². The molecule has 0 aliphatic heterocycles. The van der Waals surface area contributed by atoms with Crippen LogP contribution in [0.3, 0.4) is 0 Å². The maximum absolute atomic E-state index is 12.2. The van der Waals surface area contributed by atoms with Crippen LogP contribution in [0, 0.1) is 5.92 Å². The van der Waals surface area contributed by atoms with Crippen LogP contribution in [0.4, 0.5) is 0 Å². The summed E-state index contributed by atoms with van der Waals surface area (Å²) in [6.45, 7) is 10.9. The Morgan fingerprint density at radius 3 is 2.36 bits per heavy atom. The van der Waals surface area contributed by atoms with E-state index in [4.69, 9.17) is 0 Å². The van der Waals surface area contributed by atoms with Crippen molar-refractivity contribution in [1.82, 2.24) is 15.1 Å². The van der Waals surface area contributed by atoms with E-state index < -0.39 is 0 Å². The zero-order valence-corrected chi connectivity index (χ0v) is 17.1. The molecule has 130 valence electrons. The quantitative estimate of drug-likeness (QED) is 0.370. The normalized spacial score (nSPS) is 20.1. The van der Waals surface area contributed by atoms with Gasteiger partial charge in [0.25, 0.3) is 0 Å². The lowest BCUT2D eigenvalue weighted by Gasteiger charge is -2.26. The van der Waals surface area contributed by atoms with Crippen LogP contribution >= 0.6 is 24.0 Å². The van der Waals surface area contributed by atoms with Crippen LogP contribution in [0.15, 0.2) is 4.99 Å². The minimum Gasteiger partial charge on any atom is -0.353 e. The maximum Gasteiger partial charge on any atom is 0.242 e. The Morgan fingerprint density at radius 2 is 1.86 bits per heavy atom. The van der Waals surface area contributed by atoms with Crippen LogP contribution in [-0.4, -0.2) is 60.9 Å². The van der Waals surface area contributed by atoms with E-state index in [1.54, 1.807) is 0 Å². The van der Waals surface area contributed by atoms with Gasteiger partial charge in [0.15, 0.2) is 5.96 Å². The number of likely N-dealkylation sites (N-methyl/N-ethyl adjacent to an activating group) is 2. The van der Waals surface area contributed by atoms with Crippen LogP contribution in [0.5, 0.6) is 0 Å². The fourth-order valence-corrected chi connectivity index (χ4v) is 2.66. The zero-order chi connectivity index (χ0) is 15.8. The van der Waals surface area contributed by atoms with Crippen LogP contribution in [0.1, 0.15) is 47.0 Å². The lowest BCUT2D eigenvalue weighted by Crippen LogP contribution is -2.46. The molecule has 0 saturated heterocycles. The second-order valence-electron chi connectivity index (χ2n) is 5.76. The number of carbonyl (C=O) groups is 1. The smallest absolute Gasteiger partial charge is 0.242 e. The van der Waals surface area contributed by atoms with Crippen molar-refractivity contribution in [2.24, 2.45) is 10.9 Å². The standard InChI is InChI=1S/C16H32N4O.HI/c1-6-10-13-11-14(13)18-16(17-7-2)19(5)12-15(21)20(8-3)9-4;/h13-14H,6-12H2,1-5H3,(H,17,18);1H. The molecule has 0 aromatic rings. The summed E-state index contributed by atoms with van der Waals surface area (Å²) >= 11 is 0. The molecule has 1 aliphatic rings. The molecule has 0 spiro atoms. The third-order valence-electron chi connectivity index (χ3n) is 4.05. The highest BCUT2D eigenvalue weighted by atomic mass is 127. The van der Waals surface area contributed by atoms with Gasteiger partial charge in [-0.3, -0.25) is 9.79 Å². The molecule has 2 atom stereocenters. The summed E-state index contributed by atoms with van der Waals surface area (Å²) in [4.78, 5) is 20.5. The van der Waals surface area contributed by atoms with Crippen molar-refractivity contribution in [3.63, 3.8) is 0 Å². The van der Waals surface area contributed by atoms with E-state index in [-0.39, 0.29) is 29.9 Å². The molecule has 1 saturated carbocycles. The number of hydrogen-bond acceptors (Lipinski definition) is 2. The molecule has 0 radical (unpaired) electrons. The summed E-state index contributed by atoms with van der Waals surface area (Å²) in [6, 6.07) is 0.543. The van der Waals surface area contributed by atoms with Gasteiger partial charge in [-0.2, -0.15) is 0 Å². The predicted molar refractivity (Wildman–Crippen MR) is 104 cm³/mol. The van der Waals surface area contributed by atoms with E-state index in [0.29, 0.717) is 12.6 Å². The average Bonchev–Trinajstić information content (AvgIpc) is 3.18. The molecule has 0 aromatic carbocycles. The molecule has 2 unspecified atom stereocenters. The van der Waals surface area contributed by atoms with E-state index in [2.05, 4.69) is 17.2 Å². The van der Waals surface area contributed by atoms with Gasteiger partial charge in [0.2, 0.25) is 5.91 Å². The number of nitrogens with zero attached hydrogens (tertiary/aromatic N) is 3.